The van der Waals surface area contributed by atoms with E-state index in [0.717, 1.165) is 24.1 Å². The number of imidazole rings is 1. The van der Waals surface area contributed by atoms with Gasteiger partial charge in [0.2, 0.25) is 10.9 Å². The van der Waals surface area contributed by atoms with Crippen molar-refractivity contribution in [2.24, 2.45) is 12.8 Å². The lowest BCUT2D eigenvalue weighted by Crippen LogP contribution is -2.62. The smallest absolute Gasteiger partial charge is 0.358 e. The lowest BCUT2D eigenvalue weighted by atomic mass is 9.98. The van der Waals surface area contributed by atoms with Crippen LogP contribution in [-0.4, -0.2) is 76.6 Å². The Morgan fingerprint density at radius 1 is 1.11 bits per heavy atom. The lowest BCUT2D eigenvalue weighted by Gasteiger charge is -2.44. The third-order valence-corrected chi connectivity index (χ3v) is 9.28. The summed E-state index contributed by atoms with van der Waals surface area (Å²) in [5.74, 6) is -0.782. The normalized spacial score (nSPS) is 18.7. The zero-order valence-corrected chi connectivity index (χ0v) is 26.9. The van der Waals surface area contributed by atoms with Crippen LogP contribution in [0.2, 0.25) is 0 Å². The van der Waals surface area contributed by atoms with Gasteiger partial charge in [0, 0.05) is 24.5 Å². The monoisotopic (exact) mass is 665 g/mol. The fraction of sp³-hybridized carbons (Fsp3) is 0.303. The number of nitrogens with zero attached hydrogens (tertiary/aromatic N) is 4. The molecule has 3 amide bonds. The lowest BCUT2D eigenvalue weighted by molar-refractivity contribution is -0.928. The van der Waals surface area contributed by atoms with E-state index < -0.39 is 34.1 Å². The molecule has 12 nitrogen and oxygen atoms in total. The zero-order valence-electron chi connectivity index (χ0n) is 26.1. The number of imide groups is 1. The number of aromatic hydroxyl groups is 1. The number of piperidine rings is 1. The Morgan fingerprint density at radius 3 is 2.40 bits per heavy atom. The summed E-state index contributed by atoms with van der Waals surface area (Å²) in [6.07, 6.45) is 4.11. The number of nitrogens with two attached hydrogens (primary N) is 1. The van der Waals surface area contributed by atoms with Gasteiger partial charge in [0.15, 0.2) is 0 Å². The molecule has 1 aliphatic heterocycles. The number of anilines is 1. The summed E-state index contributed by atoms with van der Waals surface area (Å²) in [5, 5.41) is 12.2. The van der Waals surface area contributed by atoms with Crippen LogP contribution in [0.1, 0.15) is 24.0 Å². The number of benzene rings is 3. The molecule has 47 heavy (non-hydrogen) atoms. The first-order valence-corrected chi connectivity index (χ1v) is 16.5. The number of phenolic OH excluding ortho intramolecular Hbond substituents is 1. The van der Waals surface area contributed by atoms with E-state index in [1.165, 1.54) is 70.5 Å². The van der Waals surface area contributed by atoms with Crippen LogP contribution in [0.25, 0.3) is 0 Å². The van der Waals surface area contributed by atoms with Crippen LogP contribution in [0.3, 0.4) is 0 Å². The molecule has 4 aromatic rings. The van der Waals surface area contributed by atoms with Gasteiger partial charge in [-0.05, 0) is 73.4 Å². The number of hydrogen-bond donors (Lipinski definition) is 3. The molecule has 248 valence electrons. The molecule has 0 radical (unpaired) electrons. The summed E-state index contributed by atoms with van der Waals surface area (Å²) in [4.78, 5) is 32.8. The average Bonchev–Trinajstić information content (AvgIpc) is 3.48. The number of quaternary nitrogens is 1. The number of aromatic nitrogens is 2. The van der Waals surface area contributed by atoms with Crippen molar-refractivity contribution < 1.29 is 36.2 Å². The Hall–Kier alpha value is -4.79. The van der Waals surface area contributed by atoms with Gasteiger partial charge in [-0.15, -0.1) is 0 Å². The standard InChI is InChI=1S/C33H37FN6O6S/c1-38-19-31(36-22-38)47(44,45)46-29-15-11-26(12-16-29)37-33(43)39(32(42)30(35)18-23-7-13-28(41)14-8-23)27-4-3-17-40(2,21-27)20-24-5-9-25(34)10-6-24/h5-16,19,22,27,30H,3-4,17-18,20-21,35H2,1-2H3,(H-,37,41,43)/p+1/t27-,30-,40?/m0/s1. The number of urea groups is 1. The number of amides is 3. The van der Waals surface area contributed by atoms with E-state index in [1.807, 2.05) is 7.05 Å². The van der Waals surface area contributed by atoms with E-state index in [-0.39, 0.29) is 28.8 Å². The van der Waals surface area contributed by atoms with Crippen LogP contribution in [0, 0.1) is 5.82 Å². The van der Waals surface area contributed by atoms with Gasteiger partial charge in [-0.25, -0.2) is 14.2 Å². The van der Waals surface area contributed by atoms with Gasteiger partial charge in [-0.3, -0.25) is 9.69 Å². The molecule has 14 heteroatoms. The summed E-state index contributed by atoms with van der Waals surface area (Å²) >= 11 is 0. The SMILES string of the molecule is Cn1cnc(S(=O)(=O)Oc2ccc(NC(=O)N(C(=O)[C@@H](N)Cc3ccc(O)cc3)[C@H]3CCC[N+](C)(Cc4ccc(F)cc4)C3)cc2)c1. The van der Waals surface area contributed by atoms with Gasteiger partial charge in [0.05, 0.1) is 32.0 Å². The second kappa shape index (κ2) is 13.9. The molecular formula is C33H38FN6O6S+. The van der Waals surface area contributed by atoms with Crippen molar-refractivity contribution in [2.75, 3.05) is 25.5 Å². The molecule has 2 heterocycles. The first kappa shape index (κ1) is 33.6. The minimum Gasteiger partial charge on any atom is -0.508 e. The van der Waals surface area contributed by atoms with Crippen molar-refractivity contribution in [1.29, 1.82) is 0 Å². The van der Waals surface area contributed by atoms with E-state index in [9.17, 15) is 27.5 Å². The third-order valence-electron chi connectivity index (χ3n) is 8.14. The Kier molecular flexibility index (Phi) is 9.94. The number of hydrogen-bond acceptors (Lipinski definition) is 8. The Labute approximate surface area is 272 Å². The van der Waals surface area contributed by atoms with Crippen molar-refractivity contribution in [1.82, 2.24) is 14.5 Å². The molecule has 1 aromatic heterocycles. The summed E-state index contributed by atoms with van der Waals surface area (Å²) < 4.78 is 45.8. The topological polar surface area (TPSA) is 157 Å². The third kappa shape index (κ3) is 8.52. The molecule has 1 unspecified atom stereocenters. The summed E-state index contributed by atoms with van der Waals surface area (Å²) in [5.41, 5.74) is 8.37. The molecular weight excluding hydrogens is 627 g/mol. The summed E-state index contributed by atoms with van der Waals surface area (Å²) in [6.45, 7) is 1.85. The van der Waals surface area contributed by atoms with E-state index in [4.69, 9.17) is 9.92 Å². The van der Waals surface area contributed by atoms with E-state index in [2.05, 4.69) is 10.3 Å². The number of phenols is 1. The quantitative estimate of drug-likeness (QED) is 0.171. The van der Waals surface area contributed by atoms with Gasteiger partial charge in [0.1, 0.15) is 30.4 Å². The van der Waals surface area contributed by atoms with Gasteiger partial charge in [0.25, 0.3) is 0 Å². The molecule has 3 aromatic carbocycles. The number of nitrogens with one attached hydrogen (secondary N) is 1. The number of likely N-dealkylation sites (tertiary alicyclic amines) is 1. The molecule has 1 fully saturated rings. The second-order valence-corrected chi connectivity index (χ2v) is 13.7. The largest absolute Gasteiger partial charge is 0.508 e. The van der Waals surface area contributed by atoms with Gasteiger partial charge < -0.3 is 29.4 Å². The highest BCUT2D eigenvalue weighted by molar-refractivity contribution is 7.87. The fourth-order valence-corrected chi connectivity index (χ4v) is 6.77. The van der Waals surface area contributed by atoms with Crippen molar-refractivity contribution in [2.45, 2.75) is 42.9 Å². The maximum absolute atomic E-state index is 13.9. The van der Waals surface area contributed by atoms with E-state index in [0.29, 0.717) is 29.7 Å². The van der Waals surface area contributed by atoms with Gasteiger partial charge in [-0.1, -0.05) is 24.3 Å². The Morgan fingerprint density at radius 2 is 1.77 bits per heavy atom. The van der Waals surface area contributed by atoms with Gasteiger partial charge in [-0.2, -0.15) is 8.42 Å². The zero-order chi connectivity index (χ0) is 33.8. The number of likely N-dealkylation sites (N-methyl/N-ethyl adjacent to an activating group) is 1. The van der Waals surface area contributed by atoms with Crippen molar-refractivity contribution >= 4 is 27.7 Å². The molecule has 3 atom stereocenters. The molecule has 4 N–H and O–H groups in total. The molecule has 0 bridgehead atoms. The highest BCUT2D eigenvalue weighted by Crippen LogP contribution is 2.27. The average molecular weight is 666 g/mol. The first-order chi connectivity index (χ1) is 22.3. The van der Waals surface area contributed by atoms with Crippen LogP contribution in [-0.2, 0) is 34.9 Å². The highest BCUT2D eigenvalue weighted by Gasteiger charge is 2.41. The summed E-state index contributed by atoms with van der Waals surface area (Å²) in [6, 6.07) is 16.2. The first-order valence-electron chi connectivity index (χ1n) is 15.1. The van der Waals surface area contributed by atoms with E-state index in [1.54, 1.807) is 31.3 Å². The second-order valence-electron chi connectivity index (χ2n) is 12.2. The maximum Gasteiger partial charge on any atom is 0.358 e. The summed E-state index contributed by atoms with van der Waals surface area (Å²) in [7, 11) is -0.481. The van der Waals surface area contributed by atoms with Crippen molar-refractivity contribution in [3.05, 3.63) is 102 Å². The molecule has 0 spiro atoms. The Bertz CT molecular complexity index is 1820. The Balaban J connectivity index is 1.34. The predicted octanol–water partition coefficient (Wildman–Crippen LogP) is 3.77. The van der Waals surface area contributed by atoms with Crippen LogP contribution in [0.15, 0.2) is 90.3 Å². The number of carbonyl (C=O) groups is 2. The minimum atomic E-state index is -4.16. The van der Waals surface area contributed by atoms with Crippen LogP contribution < -0.4 is 15.2 Å². The number of carbonyl (C=O) groups excluding carboxylic acids is 2. The number of aryl methyl sites for hydroxylation is 1. The maximum atomic E-state index is 13.9. The molecule has 0 saturated carbocycles. The number of halogens is 1. The van der Waals surface area contributed by atoms with Crippen LogP contribution >= 0.6 is 0 Å². The van der Waals surface area contributed by atoms with Gasteiger partial charge >= 0.3 is 16.1 Å². The molecule has 0 aliphatic carbocycles. The van der Waals surface area contributed by atoms with E-state index >= 15 is 0 Å². The number of rotatable bonds is 10. The van der Waals surface area contributed by atoms with Crippen molar-refractivity contribution in [3.63, 3.8) is 0 Å². The van der Waals surface area contributed by atoms with Crippen LogP contribution in [0.4, 0.5) is 14.9 Å². The van der Waals surface area contributed by atoms with Crippen molar-refractivity contribution in [3.8, 4) is 11.5 Å². The molecule has 1 aliphatic rings. The molecule has 5 rings (SSSR count). The fourth-order valence-electron chi connectivity index (χ4n) is 5.85. The highest BCUT2D eigenvalue weighted by atomic mass is 32.2. The molecule has 1 saturated heterocycles. The van der Waals surface area contributed by atoms with Crippen LogP contribution in [0.5, 0.6) is 11.5 Å². The minimum absolute atomic E-state index is 0.0126. The predicted molar refractivity (Wildman–Crippen MR) is 172 cm³/mol.